The van der Waals surface area contributed by atoms with Crippen LogP contribution in [0.5, 0.6) is 0 Å². The first kappa shape index (κ1) is 20.5. The molecule has 7 nitrogen and oxygen atoms in total. The van der Waals surface area contributed by atoms with Gasteiger partial charge in [0.15, 0.2) is 0 Å². The van der Waals surface area contributed by atoms with Crippen LogP contribution in [0.1, 0.15) is 30.4 Å². The van der Waals surface area contributed by atoms with E-state index in [0.717, 1.165) is 12.0 Å². The van der Waals surface area contributed by atoms with Crippen LogP contribution in [0.15, 0.2) is 65.3 Å². The molecule has 4 rings (SSSR count). The fraction of sp³-hybridized carbons (Fsp3) is 0.217. The van der Waals surface area contributed by atoms with E-state index in [-0.39, 0.29) is 18.1 Å². The lowest BCUT2D eigenvalue weighted by Crippen LogP contribution is -2.16. The van der Waals surface area contributed by atoms with Gasteiger partial charge in [-0.2, -0.15) is 10.1 Å². The number of hydrogen-bond donors (Lipinski definition) is 1. The van der Waals surface area contributed by atoms with Crippen molar-refractivity contribution in [3.63, 3.8) is 0 Å². The smallest absolute Gasteiger partial charge is 0.227 e. The van der Waals surface area contributed by atoms with Gasteiger partial charge in [-0.25, -0.2) is 9.07 Å². The normalized spacial score (nSPS) is 10.9. The molecule has 0 bridgehead atoms. The van der Waals surface area contributed by atoms with Crippen LogP contribution in [-0.2, 0) is 24.2 Å². The molecule has 31 heavy (non-hydrogen) atoms. The second kappa shape index (κ2) is 9.34. The molecule has 158 valence electrons. The Morgan fingerprint density at radius 1 is 1.06 bits per heavy atom. The number of aryl methyl sites for hydroxylation is 2. The molecule has 0 aliphatic carbocycles. The summed E-state index contributed by atoms with van der Waals surface area (Å²) < 4.78 is 20.0. The lowest BCUT2D eigenvalue weighted by atomic mass is 10.1. The molecule has 2 aromatic carbocycles. The number of anilines is 1. The van der Waals surface area contributed by atoms with E-state index in [4.69, 9.17) is 4.52 Å². The van der Waals surface area contributed by atoms with E-state index < -0.39 is 0 Å². The summed E-state index contributed by atoms with van der Waals surface area (Å²) in [7, 11) is 0. The molecule has 0 spiro atoms. The average Bonchev–Trinajstić information content (AvgIpc) is 3.43. The van der Waals surface area contributed by atoms with Crippen molar-refractivity contribution < 1.29 is 13.7 Å². The predicted molar refractivity (Wildman–Crippen MR) is 114 cm³/mol. The summed E-state index contributed by atoms with van der Waals surface area (Å²) in [5.41, 5.74) is 3.04. The first-order valence-corrected chi connectivity index (χ1v) is 10.1. The number of carbonyl (C=O) groups is 1. The molecule has 0 unspecified atom stereocenters. The van der Waals surface area contributed by atoms with Gasteiger partial charge in [0, 0.05) is 24.5 Å². The van der Waals surface area contributed by atoms with E-state index in [2.05, 4.69) is 51.7 Å². The number of benzene rings is 2. The SMILES string of the molecule is CCc1ccc(Cn2nccc2NC(=O)CCc2nc(-c3ccc(F)cc3)no2)cc1. The molecule has 2 aromatic heterocycles. The maximum Gasteiger partial charge on any atom is 0.227 e. The van der Waals surface area contributed by atoms with Crippen LogP contribution in [0, 0.1) is 5.82 Å². The first-order chi connectivity index (χ1) is 15.1. The van der Waals surface area contributed by atoms with E-state index in [1.165, 1.54) is 17.7 Å². The Morgan fingerprint density at radius 2 is 1.81 bits per heavy atom. The van der Waals surface area contributed by atoms with Gasteiger partial charge in [0.2, 0.25) is 17.6 Å². The van der Waals surface area contributed by atoms with Gasteiger partial charge < -0.3 is 9.84 Å². The molecule has 0 aliphatic heterocycles. The molecule has 1 N–H and O–H groups in total. The van der Waals surface area contributed by atoms with Gasteiger partial charge in [-0.3, -0.25) is 4.79 Å². The molecule has 0 atom stereocenters. The Kier molecular flexibility index (Phi) is 6.16. The molecule has 0 aliphatic rings. The highest BCUT2D eigenvalue weighted by Crippen LogP contribution is 2.17. The van der Waals surface area contributed by atoms with Crippen LogP contribution >= 0.6 is 0 Å². The molecule has 0 saturated carbocycles. The molecule has 4 aromatic rings. The van der Waals surface area contributed by atoms with E-state index in [0.29, 0.717) is 36.1 Å². The van der Waals surface area contributed by atoms with Crippen molar-refractivity contribution in [2.45, 2.75) is 32.7 Å². The van der Waals surface area contributed by atoms with Gasteiger partial charge in [0.05, 0.1) is 12.7 Å². The number of carbonyl (C=O) groups excluding carboxylic acids is 1. The van der Waals surface area contributed by atoms with Gasteiger partial charge in [-0.05, 0) is 41.8 Å². The summed E-state index contributed by atoms with van der Waals surface area (Å²) >= 11 is 0. The van der Waals surface area contributed by atoms with Crippen molar-refractivity contribution in [1.82, 2.24) is 19.9 Å². The summed E-state index contributed by atoms with van der Waals surface area (Å²) in [6.45, 7) is 2.69. The summed E-state index contributed by atoms with van der Waals surface area (Å²) in [5, 5.41) is 11.1. The lowest BCUT2D eigenvalue weighted by molar-refractivity contribution is -0.116. The zero-order chi connectivity index (χ0) is 21.6. The second-order valence-corrected chi connectivity index (χ2v) is 7.11. The van der Waals surface area contributed by atoms with Crippen LogP contribution in [0.25, 0.3) is 11.4 Å². The lowest BCUT2D eigenvalue weighted by Gasteiger charge is -2.09. The van der Waals surface area contributed by atoms with Crippen LogP contribution in [0.4, 0.5) is 10.2 Å². The number of amides is 1. The Balaban J connectivity index is 1.32. The number of nitrogens with one attached hydrogen (secondary N) is 1. The summed E-state index contributed by atoms with van der Waals surface area (Å²) in [5.74, 6) is 0.828. The van der Waals surface area contributed by atoms with E-state index in [9.17, 15) is 9.18 Å². The van der Waals surface area contributed by atoms with Crippen molar-refractivity contribution in [3.8, 4) is 11.4 Å². The third kappa shape index (κ3) is 5.22. The van der Waals surface area contributed by atoms with Gasteiger partial charge >= 0.3 is 0 Å². The number of nitrogens with zero attached hydrogens (tertiary/aromatic N) is 4. The van der Waals surface area contributed by atoms with Gasteiger partial charge in [-0.1, -0.05) is 36.3 Å². The number of hydrogen-bond acceptors (Lipinski definition) is 5. The molecule has 2 heterocycles. The minimum atomic E-state index is -0.332. The van der Waals surface area contributed by atoms with Gasteiger partial charge in [0.25, 0.3) is 0 Å². The van der Waals surface area contributed by atoms with Crippen LogP contribution in [-0.4, -0.2) is 25.8 Å². The second-order valence-electron chi connectivity index (χ2n) is 7.11. The van der Waals surface area contributed by atoms with E-state index in [1.54, 1.807) is 29.1 Å². The number of rotatable bonds is 8. The molecule has 0 radical (unpaired) electrons. The monoisotopic (exact) mass is 419 g/mol. The molecular formula is C23H22FN5O2. The van der Waals surface area contributed by atoms with E-state index in [1.807, 2.05) is 0 Å². The van der Waals surface area contributed by atoms with Crippen LogP contribution in [0.3, 0.4) is 0 Å². The molecule has 1 amide bonds. The zero-order valence-corrected chi connectivity index (χ0v) is 17.1. The number of aromatic nitrogens is 4. The maximum atomic E-state index is 13.0. The Labute approximate surface area is 178 Å². The highest BCUT2D eigenvalue weighted by molar-refractivity contribution is 5.89. The third-order valence-electron chi connectivity index (χ3n) is 4.88. The summed E-state index contributed by atoms with van der Waals surface area (Å²) in [4.78, 5) is 16.7. The molecule has 8 heteroatoms. The van der Waals surface area contributed by atoms with Crippen molar-refractivity contribution in [3.05, 3.63) is 83.6 Å². The van der Waals surface area contributed by atoms with Crippen molar-refractivity contribution in [1.29, 1.82) is 0 Å². The third-order valence-corrected chi connectivity index (χ3v) is 4.88. The van der Waals surface area contributed by atoms with E-state index >= 15 is 0 Å². The fourth-order valence-corrected chi connectivity index (χ4v) is 3.12. The van der Waals surface area contributed by atoms with Crippen molar-refractivity contribution in [2.24, 2.45) is 0 Å². The Morgan fingerprint density at radius 3 is 2.55 bits per heavy atom. The molecule has 0 saturated heterocycles. The van der Waals surface area contributed by atoms with Crippen LogP contribution in [0.2, 0.25) is 0 Å². The zero-order valence-electron chi connectivity index (χ0n) is 17.1. The van der Waals surface area contributed by atoms with Crippen molar-refractivity contribution in [2.75, 3.05) is 5.32 Å². The highest BCUT2D eigenvalue weighted by atomic mass is 19.1. The number of halogens is 1. The Hall–Kier alpha value is -3.81. The minimum Gasteiger partial charge on any atom is -0.339 e. The quantitative estimate of drug-likeness (QED) is 0.461. The highest BCUT2D eigenvalue weighted by Gasteiger charge is 2.12. The summed E-state index contributed by atoms with van der Waals surface area (Å²) in [6, 6.07) is 15.9. The standard InChI is InChI=1S/C23H22FN5O2/c1-2-16-3-5-17(6-4-16)15-29-20(13-14-25-29)26-21(30)11-12-22-27-23(28-31-22)18-7-9-19(24)10-8-18/h3-10,13-14H,2,11-12,15H2,1H3,(H,26,30). The molecular weight excluding hydrogens is 397 g/mol. The van der Waals surface area contributed by atoms with Crippen molar-refractivity contribution >= 4 is 11.7 Å². The maximum absolute atomic E-state index is 13.0. The average molecular weight is 419 g/mol. The minimum absolute atomic E-state index is 0.176. The van der Waals surface area contributed by atoms with Gasteiger partial charge in [0.1, 0.15) is 11.6 Å². The summed E-state index contributed by atoms with van der Waals surface area (Å²) in [6.07, 6.45) is 3.13. The fourth-order valence-electron chi connectivity index (χ4n) is 3.12. The Bertz CT molecular complexity index is 1150. The first-order valence-electron chi connectivity index (χ1n) is 10.1. The van der Waals surface area contributed by atoms with Gasteiger partial charge in [-0.15, -0.1) is 0 Å². The van der Waals surface area contributed by atoms with Crippen LogP contribution < -0.4 is 5.32 Å². The molecule has 0 fully saturated rings. The predicted octanol–water partition coefficient (Wildman–Crippen LogP) is 4.25. The topological polar surface area (TPSA) is 85.8 Å². The largest absolute Gasteiger partial charge is 0.339 e.